The summed E-state index contributed by atoms with van der Waals surface area (Å²) in [5.74, 6) is 0.902. The second-order valence-corrected chi connectivity index (χ2v) is 5.58. The van der Waals surface area contributed by atoms with Crippen molar-refractivity contribution < 1.29 is 0 Å². The van der Waals surface area contributed by atoms with Crippen molar-refractivity contribution in [3.05, 3.63) is 34.9 Å². The van der Waals surface area contributed by atoms with Gasteiger partial charge in [0.15, 0.2) is 0 Å². The zero-order valence-corrected chi connectivity index (χ0v) is 11.4. The first kappa shape index (κ1) is 12.6. The van der Waals surface area contributed by atoms with Gasteiger partial charge >= 0.3 is 0 Å². The summed E-state index contributed by atoms with van der Waals surface area (Å²) >= 11 is 0. The van der Waals surface area contributed by atoms with E-state index >= 15 is 0 Å². The molecule has 1 atom stereocenters. The number of hydrogen-bond acceptors (Lipinski definition) is 1. The normalized spacial score (nSPS) is 18.5. The number of benzene rings is 1. The molecule has 0 aromatic heterocycles. The molecule has 0 aliphatic heterocycles. The molecular weight excluding hydrogens is 206 g/mol. The van der Waals surface area contributed by atoms with Crippen LogP contribution in [0, 0.1) is 19.8 Å². The van der Waals surface area contributed by atoms with Crippen LogP contribution in [0.3, 0.4) is 0 Å². The smallest absolute Gasteiger partial charge is 0.0213 e. The Morgan fingerprint density at radius 3 is 2.35 bits per heavy atom. The highest BCUT2D eigenvalue weighted by atomic mass is 14.9. The van der Waals surface area contributed by atoms with Crippen molar-refractivity contribution in [2.45, 2.75) is 59.0 Å². The van der Waals surface area contributed by atoms with Crippen LogP contribution < -0.4 is 5.32 Å². The third kappa shape index (κ3) is 3.10. The van der Waals surface area contributed by atoms with Crippen LogP contribution in [-0.2, 0) is 6.54 Å². The average Bonchev–Trinajstić information content (AvgIpc) is 2.81. The molecule has 17 heavy (non-hydrogen) atoms. The van der Waals surface area contributed by atoms with Crippen LogP contribution in [0.1, 0.15) is 49.3 Å². The van der Waals surface area contributed by atoms with Crippen LogP contribution in [0.15, 0.2) is 18.2 Å². The first-order valence-corrected chi connectivity index (χ1v) is 6.97. The van der Waals surface area contributed by atoms with E-state index in [2.05, 4.69) is 44.3 Å². The van der Waals surface area contributed by atoms with Crippen molar-refractivity contribution in [1.29, 1.82) is 0 Å². The molecule has 1 saturated carbocycles. The topological polar surface area (TPSA) is 12.0 Å². The predicted octanol–water partition coefficient (Wildman–Crippen LogP) is 3.97. The van der Waals surface area contributed by atoms with E-state index in [9.17, 15) is 0 Å². The van der Waals surface area contributed by atoms with E-state index in [-0.39, 0.29) is 0 Å². The Balaban J connectivity index is 1.92. The molecule has 0 saturated heterocycles. The van der Waals surface area contributed by atoms with E-state index in [1.165, 1.54) is 42.4 Å². The number of rotatable bonds is 4. The molecule has 1 heteroatoms. The third-order valence-corrected chi connectivity index (χ3v) is 4.35. The SMILES string of the molecule is Cc1cccc(C)c1CN[C@H](C)C1CCCC1. The lowest BCUT2D eigenvalue weighted by molar-refractivity contribution is 0.380. The number of nitrogens with one attached hydrogen (secondary N) is 1. The predicted molar refractivity (Wildman–Crippen MR) is 74.2 cm³/mol. The molecule has 1 aliphatic carbocycles. The van der Waals surface area contributed by atoms with Crippen molar-refractivity contribution in [2.75, 3.05) is 0 Å². The molecule has 1 aromatic carbocycles. The van der Waals surface area contributed by atoms with Gasteiger partial charge in [0.25, 0.3) is 0 Å². The van der Waals surface area contributed by atoms with Crippen LogP contribution in [0.25, 0.3) is 0 Å². The van der Waals surface area contributed by atoms with Gasteiger partial charge in [-0.3, -0.25) is 0 Å². The van der Waals surface area contributed by atoms with Gasteiger partial charge in [0.1, 0.15) is 0 Å². The molecule has 94 valence electrons. The van der Waals surface area contributed by atoms with Crippen molar-refractivity contribution >= 4 is 0 Å². The molecule has 1 fully saturated rings. The zero-order valence-electron chi connectivity index (χ0n) is 11.4. The molecule has 0 amide bonds. The van der Waals surface area contributed by atoms with E-state index in [4.69, 9.17) is 0 Å². The Hall–Kier alpha value is -0.820. The molecule has 1 aliphatic rings. The number of aryl methyl sites for hydroxylation is 2. The van der Waals surface area contributed by atoms with Gasteiger partial charge in [-0.1, -0.05) is 31.0 Å². The summed E-state index contributed by atoms with van der Waals surface area (Å²) in [5.41, 5.74) is 4.31. The maximum atomic E-state index is 3.72. The van der Waals surface area contributed by atoms with Gasteiger partial charge in [-0.25, -0.2) is 0 Å². The minimum absolute atomic E-state index is 0.663. The van der Waals surface area contributed by atoms with Gasteiger partial charge in [-0.05, 0) is 56.2 Å². The van der Waals surface area contributed by atoms with E-state index < -0.39 is 0 Å². The first-order chi connectivity index (χ1) is 8.18. The summed E-state index contributed by atoms with van der Waals surface area (Å²) in [5, 5.41) is 3.72. The average molecular weight is 231 g/mol. The molecule has 1 nitrogen and oxygen atoms in total. The highest BCUT2D eigenvalue weighted by Crippen LogP contribution is 2.27. The van der Waals surface area contributed by atoms with Crippen LogP contribution in [0.4, 0.5) is 0 Å². The summed E-state index contributed by atoms with van der Waals surface area (Å²) in [4.78, 5) is 0. The molecule has 1 N–H and O–H groups in total. The third-order valence-electron chi connectivity index (χ3n) is 4.35. The fourth-order valence-corrected chi connectivity index (χ4v) is 3.01. The Bertz CT molecular complexity index is 344. The molecule has 0 radical (unpaired) electrons. The summed E-state index contributed by atoms with van der Waals surface area (Å²) in [6.07, 6.45) is 5.70. The molecule has 0 unspecified atom stereocenters. The lowest BCUT2D eigenvalue weighted by Gasteiger charge is -2.21. The second kappa shape index (κ2) is 5.68. The Kier molecular flexibility index (Phi) is 4.22. The van der Waals surface area contributed by atoms with Gasteiger partial charge in [0.05, 0.1) is 0 Å². The van der Waals surface area contributed by atoms with E-state index in [0.717, 1.165) is 12.5 Å². The Morgan fingerprint density at radius 1 is 1.18 bits per heavy atom. The highest BCUT2D eigenvalue weighted by Gasteiger charge is 2.21. The molecule has 0 spiro atoms. The minimum atomic E-state index is 0.663. The summed E-state index contributed by atoms with van der Waals surface area (Å²) in [6, 6.07) is 7.24. The lowest BCUT2D eigenvalue weighted by Crippen LogP contribution is -2.32. The molecule has 0 heterocycles. The summed E-state index contributed by atoms with van der Waals surface area (Å²) in [6.45, 7) is 7.80. The standard InChI is InChI=1S/C16H25N/c1-12-7-6-8-13(2)16(12)11-17-14(3)15-9-4-5-10-15/h6-8,14-15,17H,4-5,9-11H2,1-3H3/t14-/m1/s1. The van der Waals surface area contributed by atoms with Crippen molar-refractivity contribution in [3.63, 3.8) is 0 Å². The molecule has 1 aromatic rings. The van der Waals surface area contributed by atoms with E-state index in [1.807, 2.05) is 0 Å². The summed E-state index contributed by atoms with van der Waals surface area (Å²) < 4.78 is 0. The van der Waals surface area contributed by atoms with Crippen LogP contribution in [0.5, 0.6) is 0 Å². The molecule has 0 bridgehead atoms. The fourth-order valence-electron chi connectivity index (χ4n) is 3.01. The van der Waals surface area contributed by atoms with Crippen LogP contribution >= 0.6 is 0 Å². The Labute approximate surface area is 106 Å². The van der Waals surface area contributed by atoms with Crippen LogP contribution in [-0.4, -0.2) is 6.04 Å². The van der Waals surface area contributed by atoms with Gasteiger partial charge < -0.3 is 5.32 Å². The number of hydrogen-bond donors (Lipinski definition) is 1. The van der Waals surface area contributed by atoms with E-state index in [1.54, 1.807) is 0 Å². The van der Waals surface area contributed by atoms with Crippen molar-refractivity contribution in [3.8, 4) is 0 Å². The van der Waals surface area contributed by atoms with Gasteiger partial charge in [-0.2, -0.15) is 0 Å². The summed E-state index contributed by atoms with van der Waals surface area (Å²) in [7, 11) is 0. The first-order valence-electron chi connectivity index (χ1n) is 6.97. The van der Waals surface area contributed by atoms with Crippen LogP contribution in [0.2, 0.25) is 0 Å². The Morgan fingerprint density at radius 2 is 1.76 bits per heavy atom. The second-order valence-electron chi connectivity index (χ2n) is 5.58. The minimum Gasteiger partial charge on any atom is -0.310 e. The highest BCUT2D eigenvalue weighted by molar-refractivity contribution is 5.33. The lowest BCUT2D eigenvalue weighted by atomic mass is 9.98. The van der Waals surface area contributed by atoms with Crippen molar-refractivity contribution in [2.24, 2.45) is 5.92 Å². The molecular formula is C16H25N. The molecule has 2 rings (SSSR count). The van der Waals surface area contributed by atoms with E-state index in [0.29, 0.717) is 6.04 Å². The maximum Gasteiger partial charge on any atom is 0.0213 e. The largest absolute Gasteiger partial charge is 0.310 e. The van der Waals surface area contributed by atoms with Gasteiger partial charge in [-0.15, -0.1) is 0 Å². The monoisotopic (exact) mass is 231 g/mol. The maximum absolute atomic E-state index is 3.72. The van der Waals surface area contributed by atoms with Gasteiger partial charge in [0.2, 0.25) is 0 Å². The quantitative estimate of drug-likeness (QED) is 0.826. The van der Waals surface area contributed by atoms with Gasteiger partial charge in [0, 0.05) is 12.6 Å². The zero-order chi connectivity index (χ0) is 12.3. The fraction of sp³-hybridized carbons (Fsp3) is 0.625. The van der Waals surface area contributed by atoms with Crippen molar-refractivity contribution in [1.82, 2.24) is 5.32 Å².